The van der Waals surface area contributed by atoms with Crippen LogP contribution in [0.5, 0.6) is 0 Å². The fraction of sp³-hybridized carbons (Fsp3) is 0.0833. The molecule has 0 aliphatic heterocycles. The smallest absolute Gasteiger partial charge is 0.253 e. The van der Waals surface area contributed by atoms with Crippen molar-refractivity contribution in [2.75, 3.05) is 12.4 Å². The Balaban J connectivity index is 1.42. The number of rotatable bonds is 6. The van der Waals surface area contributed by atoms with E-state index in [1.807, 2.05) is 66.9 Å². The predicted octanol–water partition coefficient (Wildman–Crippen LogP) is 4.55. The van der Waals surface area contributed by atoms with E-state index >= 15 is 0 Å². The lowest BCUT2D eigenvalue weighted by Crippen LogP contribution is -2.26. The van der Waals surface area contributed by atoms with E-state index in [-0.39, 0.29) is 5.91 Å². The van der Waals surface area contributed by atoms with Crippen LogP contribution in [0.4, 0.5) is 11.5 Å². The van der Waals surface area contributed by atoms with Gasteiger partial charge in [0.25, 0.3) is 5.91 Å². The number of carbonyl (C=O) groups excluding carboxylic acids is 1. The molecule has 0 aliphatic rings. The van der Waals surface area contributed by atoms with Crippen LogP contribution in [-0.4, -0.2) is 32.8 Å². The molecule has 3 aromatic heterocycles. The van der Waals surface area contributed by atoms with Gasteiger partial charge in [0, 0.05) is 49.5 Å². The van der Waals surface area contributed by atoms with E-state index in [4.69, 9.17) is 0 Å². The first-order chi connectivity index (χ1) is 14.7. The number of pyridine rings is 3. The number of aromatic nitrogens is 3. The Bertz CT molecular complexity index is 1100. The van der Waals surface area contributed by atoms with Crippen molar-refractivity contribution in [3.8, 4) is 11.1 Å². The minimum atomic E-state index is -0.0282. The third-order valence-corrected chi connectivity index (χ3v) is 4.65. The zero-order valence-corrected chi connectivity index (χ0v) is 16.6. The van der Waals surface area contributed by atoms with Crippen LogP contribution < -0.4 is 5.32 Å². The summed E-state index contributed by atoms with van der Waals surface area (Å²) in [5.41, 5.74) is 4.51. The molecule has 4 aromatic rings. The van der Waals surface area contributed by atoms with E-state index in [1.54, 1.807) is 36.7 Å². The normalized spacial score (nSPS) is 10.4. The topological polar surface area (TPSA) is 71.0 Å². The number of hydrogen-bond acceptors (Lipinski definition) is 5. The summed E-state index contributed by atoms with van der Waals surface area (Å²) in [6.45, 7) is 0.518. The molecule has 1 amide bonds. The summed E-state index contributed by atoms with van der Waals surface area (Å²) in [5.74, 6) is 0.718. The average molecular weight is 395 g/mol. The molecule has 30 heavy (non-hydrogen) atoms. The fourth-order valence-electron chi connectivity index (χ4n) is 3.09. The quantitative estimate of drug-likeness (QED) is 0.518. The Morgan fingerprint density at radius 1 is 0.867 bits per heavy atom. The Morgan fingerprint density at radius 2 is 1.60 bits per heavy atom. The van der Waals surface area contributed by atoms with Gasteiger partial charge >= 0.3 is 0 Å². The highest BCUT2D eigenvalue weighted by atomic mass is 16.2. The summed E-state index contributed by atoms with van der Waals surface area (Å²) in [6.07, 6.45) is 8.78. The van der Waals surface area contributed by atoms with Crippen molar-refractivity contribution < 1.29 is 4.79 Å². The average Bonchev–Trinajstić information content (AvgIpc) is 2.80. The van der Waals surface area contributed by atoms with Crippen molar-refractivity contribution in [1.29, 1.82) is 0 Å². The molecule has 0 spiro atoms. The molecule has 1 N–H and O–H groups in total. The van der Waals surface area contributed by atoms with Crippen molar-refractivity contribution >= 4 is 17.4 Å². The van der Waals surface area contributed by atoms with Gasteiger partial charge < -0.3 is 10.2 Å². The highest BCUT2D eigenvalue weighted by Crippen LogP contribution is 2.22. The molecule has 3 heterocycles. The number of carbonyl (C=O) groups is 1. The highest BCUT2D eigenvalue weighted by molar-refractivity contribution is 5.94. The first-order valence-electron chi connectivity index (χ1n) is 9.57. The molecule has 1 aromatic carbocycles. The van der Waals surface area contributed by atoms with Gasteiger partial charge in [-0.1, -0.05) is 18.2 Å². The second-order valence-corrected chi connectivity index (χ2v) is 6.90. The summed E-state index contributed by atoms with van der Waals surface area (Å²) < 4.78 is 0. The second kappa shape index (κ2) is 8.96. The summed E-state index contributed by atoms with van der Waals surface area (Å²) in [7, 11) is 1.79. The van der Waals surface area contributed by atoms with E-state index in [0.29, 0.717) is 12.1 Å². The molecule has 0 radical (unpaired) electrons. The molecule has 0 unspecified atom stereocenters. The molecule has 4 rings (SSSR count). The molecule has 148 valence electrons. The maximum atomic E-state index is 12.7. The minimum absolute atomic E-state index is 0.0282. The molecule has 6 nitrogen and oxygen atoms in total. The third-order valence-electron chi connectivity index (χ3n) is 4.65. The molecular weight excluding hydrogens is 374 g/mol. The van der Waals surface area contributed by atoms with Gasteiger partial charge in [0.05, 0.1) is 11.9 Å². The number of anilines is 2. The van der Waals surface area contributed by atoms with Crippen LogP contribution in [0.2, 0.25) is 0 Å². The number of hydrogen-bond donors (Lipinski definition) is 1. The van der Waals surface area contributed by atoms with Crippen molar-refractivity contribution in [2.24, 2.45) is 0 Å². The van der Waals surface area contributed by atoms with Gasteiger partial charge in [0.15, 0.2) is 0 Å². The van der Waals surface area contributed by atoms with Gasteiger partial charge in [-0.25, -0.2) is 4.98 Å². The zero-order chi connectivity index (χ0) is 20.8. The van der Waals surface area contributed by atoms with Crippen LogP contribution in [0.15, 0.2) is 91.6 Å². The summed E-state index contributed by atoms with van der Waals surface area (Å²) in [5, 5.41) is 3.21. The Labute approximate surface area is 175 Å². The summed E-state index contributed by atoms with van der Waals surface area (Å²) in [6, 6.07) is 19.1. The molecule has 0 fully saturated rings. The predicted molar refractivity (Wildman–Crippen MR) is 117 cm³/mol. The summed E-state index contributed by atoms with van der Waals surface area (Å²) in [4.78, 5) is 27.0. The van der Waals surface area contributed by atoms with Gasteiger partial charge in [-0.2, -0.15) is 0 Å². The Morgan fingerprint density at radius 3 is 2.23 bits per heavy atom. The van der Waals surface area contributed by atoms with Crippen LogP contribution in [0.25, 0.3) is 11.1 Å². The maximum Gasteiger partial charge on any atom is 0.253 e. The lowest BCUT2D eigenvalue weighted by molar-refractivity contribution is 0.0785. The number of nitrogens with zero attached hydrogens (tertiary/aromatic N) is 4. The van der Waals surface area contributed by atoms with Crippen molar-refractivity contribution in [3.05, 3.63) is 103 Å². The molecule has 0 aliphatic carbocycles. The van der Waals surface area contributed by atoms with Crippen LogP contribution in [-0.2, 0) is 6.54 Å². The molecule has 0 saturated carbocycles. The van der Waals surface area contributed by atoms with E-state index in [1.165, 1.54) is 0 Å². The van der Waals surface area contributed by atoms with Crippen LogP contribution in [0.3, 0.4) is 0 Å². The monoisotopic (exact) mass is 395 g/mol. The van der Waals surface area contributed by atoms with Crippen LogP contribution in [0, 0.1) is 0 Å². The van der Waals surface area contributed by atoms with E-state index in [9.17, 15) is 4.79 Å². The molecule has 6 heteroatoms. The molecule has 0 atom stereocenters. The Kier molecular flexibility index (Phi) is 5.75. The fourth-order valence-corrected chi connectivity index (χ4v) is 3.09. The van der Waals surface area contributed by atoms with Crippen LogP contribution >= 0.6 is 0 Å². The Hall–Kier alpha value is -4.06. The maximum absolute atomic E-state index is 12.7. The SMILES string of the molecule is CN(Cc1cccnc1)C(=O)c1ccc(-c2ccc(Nc3cccnc3)nc2)cc1. The van der Waals surface area contributed by atoms with Gasteiger partial charge in [-0.15, -0.1) is 0 Å². The van der Waals surface area contributed by atoms with Gasteiger partial charge in [0.2, 0.25) is 0 Å². The van der Waals surface area contributed by atoms with Gasteiger partial charge in [-0.05, 0) is 53.6 Å². The molecule has 0 bridgehead atoms. The van der Waals surface area contributed by atoms with E-state index < -0.39 is 0 Å². The van der Waals surface area contributed by atoms with E-state index in [0.717, 1.165) is 28.2 Å². The van der Waals surface area contributed by atoms with Gasteiger partial charge in [-0.3, -0.25) is 14.8 Å². The highest BCUT2D eigenvalue weighted by Gasteiger charge is 2.12. The second-order valence-electron chi connectivity index (χ2n) is 6.90. The van der Waals surface area contributed by atoms with Gasteiger partial charge in [0.1, 0.15) is 5.82 Å². The standard InChI is InChI=1S/C24H21N5O/c1-29(17-18-4-2-12-25-14-18)24(30)20-8-6-19(7-9-20)21-10-11-23(27-15-21)28-22-5-3-13-26-16-22/h2-16H,17H2,1H3,(H,27,28). The number of benzene rings is 1. The first-order valence-corrected chi connectivity index (χ1v) is 9.57. The minimum Gasteiger partial charge on any atom is -0.339 e. The number of amides is 1. The number of nitrogens with one attached hydrogen (secondary N) is 1. The zero-order valence-electron chi connectivity index (χ0n) is 16.6. The van der Waals surface area contributed by atoms with Crippen molar-refractivity contribution in [3.63, 3.8) is 0 Å². The van der Waals surface area contributed by atoms with Crippen molar-refractivity contribution in [2.45, 2.75) is 6.54 Å². The lowest BCUT2D eigenvalue weighted by atomic mass is 10.0. The largest absolute Gasteiger partial charge is 0.339 e. The molecular formula is C24H21N5O. The first kappa shape index (κ1) is 19.3. The van der Waals surface area contributed by atoms with Crippen molar-refractivity contribution in [1.82, 2.24) is 19.9 Å². The molecule has 0 saturated heterocycles. The van der Waals surface area contributed by atoms with Crippen LogP contribution in [0.1, 0.15) is 15.9 Å². The van der Waals surface area contributed by atoms with E-state index in [2.05, 4.69) is 20.3 Å². The lowest BCUT2D eigenvalue weighted by Gasteiger charge is -2.17. The summed E-state index contributed by atoms with van der Waals surface area (Å²) >= 11 is 0. The third kappa shape index (κ3) is 4.67.